The third-order valence-corrected chi connectivity index (χ3v) is 3.27. The van der Waals surface area contributed by atoms with Crippen LogP contribution in [-0.4, -0.2) is 23.0 Å². The topological polar surface area (TPSA) is 55.5 Å². The van der Waals surface area contributed by atoms with Crippen molar-refractivity contribution in [1.82, 2.24) is 0 Å². The Kier molecular flexibility index (Phi) is 5.79. The monoisotopic (exact) mass is 251 g/mol. The average molecular weight is 251 g/mol. The van der Waals surface area contributed by atoms with Crippen molar-refractivity contribution in [3.05, 3.63) is 35.9 Å². The Balaban J connectivity index is 2.38. The van der Waals surface area contributed by atoms with Crippen LogP contribution < -0.4 is 5.73 Å². The summed E-state index contributed by atoms with van der Waals surface area (Å²) in [5, 5.41) is 9.92. The Labute approximate surface area is 110 Å². The molecule has 0 heterocycles. The highest BCUT2D eigenvalue weighted by molar-refractivity contribution is 5.14. The second kappa shape index (κ2) is 6.88. The van der Waals surface area contributed by atoms with Gasteiger partial charge in [-0.2, -0.15) is 0 Å². The first kappa shape index (κ1) is 15.2. The number of aliphatic hydroxyl groups excluding tert-OH is 1. The Hall–Kier alpha value is -0.900. The molecular weight excluding hydrogens is 226 g/mol. The Morgan fingerprint density at radius 3 is 2.44 bits per heavy atom. The third kappa shape index (κ3) is 5.17. The summed E-state index contributed by atoms with van der Waals surface area (Å²) in [6.07, 6.45) is 1.51. The fraction of sp³-hybridized carbons (Fsp3) is 0.600. The summed E-state index contributed by atoms with van der Waals surface area (Å²) in [6, 6.07) is 9.79. The second-order valence-electron chi connectivity index (χ2n) is 5.31. The minimum atomic E-state index is -0.899. The molecule has 0 bridgehead atoms. The van der Waals surface area contributed by atoms with Gasteiger partial charge >= 0.3 is 0 Å². The number of aryl methyl sites for hydroxylation is 1. The minimum absolute atomic E-state index is 0.330. The van der Waals surface area contributed by atoms with Crippen LogP contribution in [0.4, 0.5) is 0 Å². The van der Waals surface area contributed by atoms with Crippen molar-refractivity contribution in [2.75, 3.05) is 0 Å². The first-order chi connectivity index (χ1) is 8.44. The van der Waals surface area contributed by atoms with Crippen LogP contribution in [0.2, 0.25) is 0 Å². The van der Waals surface area contributed by atoms with E-state index < -0.39 is 6.29 Å². The zero-order chi connectivity index (χ0) is 13.6. The maximum absolute atomic E-state index is 9.92. The van der Waals surface area contributed by atoms with Gasteiger partial charge in [0, 0.05) is 0 Å². The van der Waals surface area contributed by atoms with Crippen LogP contribution in [0.1, 0.15) is 39.2 Å². The normalized spacial score (nSPS) is 15.4. The Morgan fingerprint density at radius 1 is 1.28 bits per heavy atom. The van der Waals surface area contributed by atoms with E-state index in [0.717, 1.165) is 12.8 Å². The van der Waals surface area contributed by atoms with Gasteiger partial charge in [0.25, 0.3) is 0 Å². The van der Waals surface area contributed by atoms with E-state index in [9.17, 15) is 5.11 Å². The summed E-state index contributed by atoms with van der Waals surface area (Å²) < 4.78 is 5.57. The van der Waals surface area contributed by atoms with Gasteiger partial charge in [0.2, 0.25) is 0 Å². The quantitative estimate of drug-likeness (QED) is 0.732. The zero-order valence-electron chi connectivity index (χ0n) is 11.6. The standard InChI is InChI=1S/C15H25NO2/c1-4-15(2,3)18-14(17)13(16)11-10-12-8-6-5-7-9-12/h5-9,13-14,17H,4,10-11,16H2,1-3H3/t13-,14?/m0/s1. The van der Waals surface area contributed by atoms with Gasteiger partial charge in [-0.05, 0) is 38.7 Å². The van der Waals surface area contributed by atoms with Gasteiger partial charge in [-0.25, -0.2) is 0 Å². The molecule has 0 amide bonds. The summed E-state index contributed by atoms with van der Waals surface area (Å²) in [5.74, 6) is 0. The van der Waals surface area contributed by atoms with Crippen molar-refractivity contribution in [2.45, 2.75) is 58.0 Å². The SMILES string of the molecule is CCC(C)(C)OC(O)[C@@H](N)CCc1ccccc1. The number of ether oxygens (including phenoxy) is 1. The van der Waals surface area contributed by atoms with Crippen molar-refractivity contribution in [3.63, 3.8) is 0 Å². The summed E-state index contributed by atoms with van der Waals surface area (Å²) >= 11 is 0. The zero-order valence-corrected chi connectivity index (χ0v) is 11.6. The largest absolute Gasteiger partial charge is 0.367 e. The van der Waals surface area contributed by atoms with Crippen LogP contribution in [0.3, 0.4) is 0 Å². The van der Waals surface area contributed by atoms with Crippen LogP contribution in [0, 0.1) is 0 Å². The molecule has 0 aliphatic heterocycles. The molecule has 1 aromatic carbocycles. The molecule has 1 rings (SSSR count). The average Bonchev–Trinajstić information content (AvgIpc) is 2.36. The third-order valence-electron chi connectivity index (χ3n) is 3.27. The van der Waals surface area contributed by atoms with E-state index in [0.29, 0.717) is 6.42 Å². The Bertz CT molecular complexity index is 338. The van der Waals surface area contributed by atoms with Crippen molar-refractivity contribution >= 4 is 0 Å². The van der Waals surface area contributed by atoms with E-state index >= 15 is 0 Å². The van der Waals surface area contributed by atoms with Gasteiger partial charge in [-0.1, -0.05) is 37.3 Å². The maximum Gasteiger partial charge on any atom is 0.170 e. The van der Waals surface area contributed by atoms with Crippen molar-refractivity contribution < 1.29 is 9.84 Å². The highest BCUT2D eigenvalue weighted by Gasteiger charge is 2.24. The number of nitrogens with two attached hydrogens (primary N) is 1. The lowest BCUT2D eigenvalue weighted by Gasteiger charge is -2.30. The fourth-order valence-corrected chi connectivity index (χ4v) is 1.62. The molecule has 0 aromatic heterocycles. The minimum Gasteiger partial charge on any atom is -0.367 e. The van der Waals surface area contributed by atoms with E-state index in [-0.39, 0.29) is 11.6 Å². The van der Waals surface area contributed by atoms with Gasteiger partial charge in [-0.3, -0.25) is 0 Å². The molecule has 3 N–H and O–H groups in total. The number of benzene rings is 1. The molecule has 3 heteroatoms. The van der Waals surface area contributed by atoms with E-state index in [1.807, 2.05) is 39.0 Å². The van der Waals surface area contributed by atoms with Crippen molar-refractivity contribution in [3.8, 4) is 0 Å². The van der Waals surface area contributed by atoms with E-state index in [4.69, 9.17) is 10.5 Å². The predicted molar refractivity (Wildman–Crippen MR) is 74.2 cm³/mol. The van der Waals surface area contributed by atoms with Crippen molar-refractivity contribution in [2.24, 2.45) is 5.73 Å². The molecule has 18 heavy (non-hydrogen) atoms. The van der Waals surface area contributed by atoms with Gasteiger partial charge < -0.3 is 15.6 Å². The summed E-state index contributed by atoms with van der Waals surface area (Å²) in [5.41, 5.74) is 6.85. The summed E-state index contributed by atoms with van der Waals surface area (Å²) in [4.78, 5) is 0. The van der Waals surface area contributed by atoms with Crippen LogP contribution >= 0.6 is 0 Å². The summed E-state index contributed by atoms with van der Waals surface area (Å²) in [7, 11) is 0. The molecule has 102 valence electrons. The number of hydrogen-bond acceptors (Lipinski definition) is 3. The van der Waals surface area contributed by atoms with Crippen LogP contribution in [-0.2, 0) is 11.2 Å². The van der Waals surface area contributed by atoms with Gasteiger partial charge in [0.15, 0.2) is 6.29 Å². The molecule has 0 fully saturated rings. The Morgan fingerprint density at radius 2 is 1.89 bits per heavy atom. The van der Waals surface area contributed by atoms with Crippen molar-refractivity contribution in [1.29, 1.82) is 0 Å². The van der Waals surface area contributed by atoms with Crippen LogP contribution in [0.5, 0.6) is 0 Å². The molecule has 1 unspecified atom stereocenters. The van der Waals surface area contributed by atoms with Gasteiger partial charge in [-0.15, -0.1) is 0 Å². The molecular formula is C15H25NO2. The van der Waals surface area contributed by atoms with Gasteiger partial charge in [0.05, 0.1) is 11.6 Å². The molecule has 0 saturated carbocycles. The number of rotatable bonds is 7. The molecule has 3 nitrogen and oxygen atoms in total. The van der Waals surface area contributed by atoms with E-state index in [1.54, 1.807) is 0 Å². The lowest BCUT2D eigenvalue weighted by atomic mass is 10.0. The molecule has 2 atom stereocenters. The first-order valence-corrected chi connectivity index (χ1v) is 6.60. The molecule has 0 aliphatic carbocycles. The molecule has 0 radical (unpaired) electrons. The lowest BCUT2D eigenvalue weighted by molar-refractivity contribution is -0.183. The van der Waals surface area contributed by atoms with E-state index in [1.165, 1.54) is 5.56 Å². The molecule has 0 saturated heterocycles. The lowest BCUT2D eigenvalue weighted by Crippen LogP contribution is -2.42. The van der Waals surface area contributed by atoms with Gasteiger partial charge in [0.1, 0.15) is 0 Å². The van der Waals surface area contributed by atoms with E-state index in [2.05, 4.69) is 12.1 Å². The second-order valence-corrected chi connectivity index (χ2v) is 5.31. The highest BCUT2D eigenvalue weighted by atomic mass is 16.6. The summed E-state index contributed by atoms with van der Waals surface area (Å²) in [6.45, 7) is 5.95. The highest BCUT2D eigenvalue weighted by Crippen LogP contribution is 2.17. The van der Waals surface area contributed by atoms with Crippen LogP contribution in [0.15, 0.2) is 30.3 Å². The van der Waals surface area contributed by atoms with Crippen LogP contribution in [0.25, 0.3) is 0 Å². The first-order valence-electron chi connectivity index (χ1n) is 6.60. The fourth-order valence-electron chi connectivity index (χ4n) is 1.62. The smallest absolute Gasteiger partial charge is 0.170 e. The molecule has 1 aromatic rings. The molecule has 0 aliphatic rings. The number of aliphatic hydroxyl groups is 1. The maximum atomic E-state index is 9.92. The molecule has 0 spiro atoms. The number of hydrogen-bond donors (Lipinski definition) is 2. The predicted octanol–water partition coefficient (Wildman–Crippen LogP) is 2.47.